The smallest absolute Gasteiger partial charge is 0.251 e. The van der Waals surface area contributed by atoms with Crippen molar-refractivity contribution in [2.75, 3.05) is 13.1 Å². The van der Waals surface area contributed by atoms with Gasteiger partial charge in [0.2, 0.25) is 5.79 Å². The Balaban J connectivity index is 1.64. The lowest BCUT2D eigenvalue weighted by atomic mass is 9.89. The number of hydrogen-bond donors (Lipinski definition) is 6. The second kappa shape index (κ2) is 5.83. The Morgan fingerprint density at radius 1 is 1.44 bits per heavy atom. The number of nitrogens with zero attached hydrogens (tertiary/aromatic N) is 3. The Labute approximate surface area is 156 Å². The minimum Gasteiger partial charge on any atom is -0.370 e. The van der Waals surface area contributed by atoms with Crippen LogP contribution in [0.3, 0.4) is 0 Å². The highest BCUT2D eigenvalue weighted by Crippen LogP contribution is 2.42. The Morgan fingerprint density at radius 2 is 2.22 bits per heavy atom. The van der Waals surface area contributed by atoms with Crippen LogP contribution in [0.15, 0.2) is 34.3 Å². The third-order valence-corrected chi connectivity index (χ3v) is 5.54. The van der Waals surface area contributed by atoms with E-state index < -0.39 is 29.4 Å². The molecule has 10 heteroatoms. The number of nitrogens with two attached hydrogens (primary N) is 2. The Morgan fingerprint density at radius 3 is 2.96 bits per heavy atom. The lowest BCUT2D eigenvalue weighted by Gasteiger charge is -2.46. The van der Waals surface area contributed by atoms with Gasteiger partial charge in [-0.2, -0.15) is 0 Å². The first-order valence-corrected chi connectivity index (χ1v) is 8.83. The average Bonchev–Trinajstić information content (AvgIpc) is 3.10. The molecule has 1 spiro atoms. The van der Waals surface area contributed by atoms with Crippen LogP contribution in [0.1, 0.15) is 22.8 Å². The van der Waals surface area contributed by atoms with Gasteiger partial charge >= 0.3 is 0 Å². The zero-order valence-electron chi connectivity index (χ0n) is 14.9. The number of aliphatic imine (C=N–C) groups is 2. The quantitative estimate of drug-likeness (QED) is 0.323. The zero-order chi connectivity index (χ0) is 19.4. The molecule has 1 saturated heterocycles. The summed E-state index contributed by atoms with van der Waals surface area (Å²) < 4.78 is 0. The molecule has 0 aromatic heterocycles. The van der Waals surface area contributed by atoms with Gasteiger partial charge in [0.1, 0.15) is 12.1 Å². The number of aryl methyl sites for hydroxylation is 1. The van der Waals surface area contributed by atoms with Crippen LogP contribution in [0.2, 0.25) is 0 Å². The van der Waals surface area contributed by atoms with Crippen molar-refractivity contribution < 1.29 is 15.0 Å². The maximum Gasteiger partial charge on any atom is 0.251 e. The number of hydrogen-bond acceptors (Lipinski definition) is 9. The Kier molecular flexibility index (Phi) is 3.79. The van der Waals surface area contributed by atoms with Crippen LogP contribution >= 0.6 is 0 Å². The summed E-state index contributed by atoms with van der Waals surface area (Å²) in [5.74, 6) is -2.57. The molecule has 4 rings (SSSR count). The molecule has 0 saturated carbocycles. The van der Waals surface area contributed by atoms with Gasteiger partial charge in [-0.3, -0.25) is 9.79 Å². The van der Waals surface area contributed by atoms with E-state index in [0.717, 1.165) is 12.0 Å². The number of aliphatic hydroxyl groups is 2. The highest BCUT2D eigenvalue weighted by Gasteiger charge is 2.71. The van der Waals surface area contributed by atoms with Crippen molar-refractivity contribution in [3.8, 4) is 0 Å². The van der Waals surface area contributed by atoms with E-state index in [2.05, 4.69) is 20.6 Å². The first kappa shape index (κ1) is 17.6. The third kappa shape index (κ3) is 2.37. The van der Waals surface area contributed by atoms with Crippen molar-refractivity contribution in [3.05, 3.63) is 35.4 Å². The largest absolute Gasteiger partial charge is 0.370 e. The summed E-state index contributed by atoms with van der Waals surface area (Å²) in [5, 5.41) is 27.6. The number of nitrogens with one attached hydrogen (secondary N) is 2. The lowest BCUT2D eigenvalue weighted by Crippen LogP contribution is -2.76. The van der Waals surface area contributed by atoms with Crippen LogP contribution in [0.25, 0.3) is 0 Å². The molecule has 3 heterocycles. The fraction of sp³-hybridized carbons (Fsp3) is 0.471. The highest BCUT2D eigenvalue weighted by atomic mass is 16.5. The molecular weight excluding hydrogens is 350 g/mol. The van der Waals surface area contributed by atoms with Gasteiger partial charge in [0.05, 0.1) is 6.54 Å². The van der Waals surface area contributed by atoms with Gasteiger partial charge < -0.3 is 37.2 Å². The van der Waals surface area contributed by atoms with Gasteiger partial charge in [0.25, 0.3) is 5.91 Å². The van der Waals surface area contributed by atoms with Crippen LogP contribution < -0.4 is 22.1 Å². The Bertz CT molecular complexity index is 853. The van der Waals surface area contributed by atoms with Crippen molar-refractivity contribution in [3.63, 3.8) is 0 Å². The predicted octanol–water partition coefficient (Wildman–Crippen LogP) is -2.34. The maximum absolute atomic E-state index is 12.7. The fourth-order valence-electron chi connectivity index (χ4n) is 4.11. The van der Waals surface area contributed by atoms with Gasteiger partial charge in [0, 0.05) is 12.1 Å². The summed E-state index contributed by atoms with van der Waals surface area (Å²) in [4.78, 5) is 22.6. The molecule has 0 radical (unpaired) electrons. The molecule has 8 N–H and O–H groups in total. The fourth-order valence-corrected chi connectivity index (χ4v) is 4.11. The number of benzene rings is 1. The van der Waals surface area contributed by atoms with E-state index in [4.69, 9.17) is 11.5 Å². The first-order valence-electron chi connectivity index (χ1n) is 8.83. The van der Waals surface area contributed by atoms with Gasteiger partial charge in [0.15, 0.2) is 17.6 Å². The summed E-state index contributed by atoms with van der Waals surface area (Å²) in [7, 11) is 0. The predicted molar refractivity (Wildman–Crippen MR) is 98.7 cm³/mol. The maximum atomic E-state index is 12.7. The summed E-state index contributed by atoms with van der Waals surface area (Å²) in [6.07, 6.45) is 0.792. The van der Waals surface area contributed by atoms with Gasteiger partial charge in [-0.05, 0) is 24.1 Å². The van der Waals surface area contributed by atoms with E-state index >= 15 is 0 Å². The molecule has 0 bridgehead atoms. The highest BCUT2D eigenvalue weighted by molar-refractivity contribution is 5.95. The first-order chi connectivity index (χ1) is 12.8. The van der Waals surface area contributed by atoms with Crippen molar-refractivity contribution >= 4 is 17.8 Å². The number of rotatable bonds is 3. The van der Waals surface area contributed by atoms with Crippen LogP contribution in [-0.4, -0.2) is 69.6 Å². The van der Waals surface area contributed by atoms with Gasteiger partial charge in [-0.1, -0.05) is 19.1 Å². The molecule has 10 nitrogen and oxygen atoms in total. The Hall–Kier alpha value is -2.85. The molecule has 27 heavy (non-hydrogen) atoms. The molecule has 1 fully saturated rings. The molecule has 144 valence electrons. The third-order valence-electron chi connectivity index (χ3n) is 5.54. The SMILES string of the molecule is CCc1cccc(C(=O)NC2CN3C(N)=NCC4N=C(N)N[C@@]43C2(O)O)c1. The average molecular weight is 373 g/mol. The van der Waals surface area contributed by atoms with Crippen LogP contribution in [0.4, 0.5) is 0 Å². The minimum absolute atomic E-state index is 0.0494. The molecule has 3 aliphatic rings. The molecule has 3 aliphatic heterocycles. The van der Waals surface area contributed by atoms with Crippen molar-refractivity contribution in [2.24, 2.45) is 21.5 Å². The summed E-state index contributed by atoms with van der Waals surface area (Å²) in [6, 6.07) is 5.52. The number of carbonyl (C=O) groups excluding carboxylic acids is 1. The van der Waals surface area contributed by atoms with Crippen molar-refractivity contribution in [1.82, 2.24) is 15.5 Å². The van der Waals surface area contributed by atoms with Crippen LogP contribution in [0.5, 0.6) is 0 Å². The molecule has 2 unspecified atom stereocenters. The van der Waals surface area contributed by atoms with E-state index in [-0.39, 0.29) is 25.0 Å². The second-order valence-electron chi connectivity index (χ2n) is 7.04. The van der Waals surface area contributed by atoms with Gasteiger partial charge in [-0.15, -0.1) is 0 Å². The summed E-state index contributed by atoms with van der Waals surface area (Å²) in [6.45, 7) is 2.21. The van der Waals surface area contributed by atoms with E-state index in [9.17, 15) is 15.0 Å². The standard InChI is InChI=1S/C17H23N7O3/c1-2-9-4-3-5-10(6-9)13(25)21-12-8-24-15(19)20-7-11-16(24,17(12,26)27)23-14(18)22-11/h3-6,11-12,26-27H,2,7-8H2,1H3,(H2,19,20)(H,21,25)(H3,18,22,23)/t11?,12?,16-/m0/s1. The van der Waals surface area contributed by atoms with Crippen LogP contribution in [-0.2, 0) is 6.42 Å². The van der Waals surface area contributed by atoms with E-state index in [1.165, 1.54) is 4.90 Å². The number of guanidine groups is 2. The van der Waals surface area contributed by atoms with Crippen molar-refractivity contribution in [2.45, 2.75) is 36.9 Å². The molecular formula is C17H23N7O3. The van der Waals surface area contributed by atoms with Gasteiger partial charge in [-0.25, -0.2) is 4.99 Å². The molecule has 1 aromatic carbocycles. The molecule has 1 amide bonds. The molecule has 0 aliphatic carbocycles. The van der Waals surface area contributed by atoms with E-state index in [1.54, 1.807) is 18.2 Å². The summed E-state index contributed by atoms with van der Waals surface area (Å²) >= 11 is 0. The van der Waals surface area contributed by atoms with Crippen LogP contribution in [0, 0.1) is 0 Å². The van der Waals surface area contributed by atoms with E-state index in [0.29, 0.717) is 5.56 Å². The topological polar surface area (TPSA) is 162 Å². The molecule has 1 aromatic rings. The number of amides is 1. The van der Waals surface area contributed by atoms with E-state index in [1.807, 2.05) is 13.0 Å². The monoisotopic (exact) mass is 373 g/mol. The van der Waals surface area contributed by atoms with Crippen molar-refractivity contribution in [1.29, 1.82) is 0 Å². The molecule has 3 atom stereocenters. The number of carbonyl (C=O) groups is 1. The lowest BCUT2D eigenvalue weighted by molar-refractivity contribution is -0.228. The minimum atomic E-state index is -2.37. The summed E-state index contributed by atoms with van der Waals surface area (Å²) in [5.41, 5.74) is 11.8. The second-order valence-corrected chi connectivity index (χ2v) is 7.04. The zero-order valence-corrected chi connectivity index (χ0v) is 14.9. The normalized spacial score (nSPS) is 30.7.